The average molecular weight is 232 g/mol. The number of pyridine rings is 1. The van der Waals surface area contributed by atoms with Crippen molar-refractivity contribution < 1.29 is 0 Å². The Bertz CT molecular complexity index is 521. The van der Waals surface area contributed by atoms with Crippen molar-refractivity contribution in [3.05, 3.63) is 46.6 Å². The van der Waals surface area contributed by atoms with E-state index in [0.717, 1.165) is 18.2 Å². The number of nitrogens with one attached hydrogen (secondary N) is 2. The molecule has 2 heterocycles. The van der Waals surface area contributed by atoms with Crippen LogP contribution >= 0.6 is 12.2 Å². The van der Waals surface area contributed by atoms with Gasteiger partial charge >= 0.3 is 0 Å². The molecule has 0 saturated heterocycles. The highest BCUT2D eigenvalue weighted by atomic mass is 32.1. The SMILES string of the molecule is Cc1nc(=S)cc(NCc2ccncc2)[nH]1. The number of nitrogens with zero attached hydrogens (tertiary/aromatic N) is 2. The van der Waals surface area contributed by atoms with E-state index < -0.39 is 0 Å². The molecule has 0 unspecified atom stereocenters. The van der Waals surface area contributed by atoms with E-state index >= 15 is 0 Å². The maximum Gasteiger partial charge on any atom is 0.131 e. The fraction of sp³-hybridized carbons (Fsp3) is 0.182. The van der Waals surface area contributed by atoms with Crippen LogP contribution in [-0.2, 0) is 6.54 Å². The van der Waals surface area contributed by atoms with Gasteiger partial charge < -0.3 is 10.3 Å². The number of aromatic amines is 1. The highest BCUT2D eigenvalue weighted by molar-refractivity contribution is 7.71. The first-order chi connectivity index (χ1) is 7.74. The summed E-state index contributed by atoms with van der Waals surface area (Å²) in [6, 6.07) is 5.74. The zero-order valence-electron chi connectivity index (χ0n) is 8.90. The molecule has 0 saturated carbocycles. The third-order valence-corrected chi connectivity index (χ3v) is 2.30. The van der Waals surface area contributed by atoms with Crippen LogP contribution in [0.1, 0.15) is 11.4 Å². The number of aromatic nitrogens is 3. The van der Waals surface area contributed by atoms with Gasteiger partial charge in [0.1, 0.15) is 16.3 Å². The van der Waals surface area contributed by atoms with Crippen LogP contribution in [0.25, 0.3) is 0 Å². The molecule has 2 aromatic heterocycles. The summed E-state index contributed by atoms with van der Waals surface area (Å²) in [5, 5.41) is 3.25. The van der Waals surface area contributed by atoms with Crippen LogP contribution in [0.4, 0.5) is 5.82 Å². The molecule has 0 amide bonds. The lowest BCUT2D eigenvalue weighted by Crippen LogP contribution is -2.03. The van der Waals surface area contributed by atoms with Gasteiger partial charge in [0.25, 0.3) is 0 Å². The second-order valence-electron chi connectivity index (χ2n) is 3.43. The first kappa shape index (κ1) is 10.8. The molecule has 2 rings (SSSR count). The third-order valence-electron chi connectivity index (χ3n) is 2.09. The summed E-state index contributed by atoms with van der Waals surface area (Å²) in [6.07, 6.45) is 3.55. The maximum atomic E-state index is 5.04. The first-order valence-electron chi connectivity index (χ1n) is 4.95. The van der Waals surface area contributed by atoms with Gasteiger partial charge in [0.15, 0.2) is 0 Å². The number of hydrogen-bond donors (Lipinski definition) is 2. The summed E-state index contributed by atoms with van der Waals surface area (Å²) in [4.78, 5) is 11.2. The van der Waals surface area contributed by atoms with Crippen LogP contribution < -0.4 is 5.32 Å². The van der Waals surface area contributed by atoms with Crippen molar-refractivity contribution in [1.29, 1.82) is 0 Å². The Morgan fingerprint density at radius 2 is 2.12 bits per heavy atom. The lowest BCUT2D eigenvalue weighted by atomic mass is 10.3. The highest BCUT2D eigenvalue weighted by Gasteiger charge is 1.95. The minimum absolute atomic E-state index is 0.591. The molecule has 0 aliphatic rings. The zero-order chi connectivity index (χ0) is 11.4. The molecule has 0 aliphatic heterocycles. The third kappa shape index (κ3) is 2.87. The van der Waals surface area contributed by atoms with Crippen molar-refractivity contribution in [2.24, 2.45) is 0 Å². The maximum absolute atomic E-state index is 5.04. The van der Waals surface area contributed by atoms with E-state index in [0.29, 0.717) is 4.64 Å². The predicted molar refractivity (Wildman–Crippen MR) is 65.7 cm³/mol. The molecule has 5 heteroatoms. The first-order valence-corrected chi connectivity index (χ1v) is 5.35. The molecule has 2 N–H and O–H groups in total. The normalized spacial score (nSPS) is 10.1. The Balaban J connectivity index is 2.08. The molecular formula is C11H12N4S. The minimum Gasteiger partial charge on any atom is -0.367 e. The van der Waals surface area contributed by atoms with Crippen LogP contribution in [0.3, 0.4) is 0 Å². The van der Waals surface area contributed by atoms with Crippen molar-refractivity contribution in [3.63, 3.8) is 0 Å². The van der Waals surface area contributed by atoms with Gasteiger partial charge in [-0.1, -0.05) is 12.2 Å². The van der Waals surface area contributed by atoms with Gasteiger partial charge in [0.05, 0.1) is 0 Å². The fourth-order valence-corrected chi connectivity index (χ4v) is 1.63. The Kier molecular flexibility index (Phi) is 3.26. The Hall–Kier alpha value is -1.75. The van der Waals surface area contributed by atoms with Crippen molar-refractivity contribution in [2.75, 3.05) is 5.32 Å². The van der Waals surface area contributed by atoms with Crippen molar-refractivity contribution in [2.45, 2.75) is 13.5 Å². The molecule has 0 atom stereocenters. The van der Waals surface area contributed by atoms with E-state index in [1.165, 1.54) is 5.56 Å². The summed E-state index contributed by atoms with van der Waals surface area (Å²) in [5.74, 6) is 1.69. The number of aryl methyl sites for hydroxylation is 1. The van der Waals surface area contributed by atoms with Gasteiger partial charge in [-0.25, -0.2) is 4.98 Å². The van der Waals surface area contributed by atoms with Gasteiger partial charge in [-0.2, -0.15) is 0 Å². The summed E-state index contributed by atoms with van der Waals surface area (Å²) in [6.45, 7) is 2.62. The molecule has 0 bridgehead atoms. The van der Waals surface area contributed by atoms with E-state index in [4.69, 9.17) is 12.2 Å². The molecular weight excluding hydrogens is 220 g/mol. The van der Waals surface area contributed by atoms with Gasteiger partial charge in [0, 0.05) is 25.0 Å². The molecule has 0 radical (unpaired) electrons. The van der Waals surface area contributed by atoms with E-state index in [1.54, 1.807) is 12.4 Å². The predicted octanol–water partition coefficient (Wildman–Crippen LogP) is 2.45. The molecule has 0 fully saturated rings. The number of rotatable bonds is 3. The quantitative estimate of drug-likeness (QED) is 0.798. The molecule has 82 valence electrons. The zero-order valence-corrected chi connectivity index (χ0v) is 9.71. The lowest BCUT2D eigenvalue weighted by Gasteiger charge is -2.06. The topological polar surface area (TPSA) is 53.6 Å². The molecule has 0 aliphatic carbocycles. The largest absolute Gasteiger partial charge is 0.367 e. The highest BCUT2D eigenvalue weighted by Crippen LogP contribution is 2.06. The monoisotopic (exact) mass is 232 g/mol. The summed E-state index contributed by atoms with van der Waals surface area (Å²) in [7, 11) is 0. The molecule has 4 nitrogen and oxygen atoms in total. The average Bonchev–Trinajstić information content (AvgIpc) is 2.27. The Morgan fingerprint density at radius 3 is 2.81 bits per heavy atom. The number of anilines is 1. The molecule has 0 spiro atoms. The second kappa shape index (κ2) is 4.85. The number of hydrogen-bond acceptors (Lipinski definition) is 4. The smallest absolute Gasteiger partial charge is 0.131 e. The molecule has 16 heavy (non-hydrogen) atoms. The van der Waals surface area contributed by atoms with Gasteiger partial charge in [0.2, 0.25) is 0 Å². The summed E-state index contributed by atoms with van der Waals surface area (Å²) >= 11 is 5.04. The van der Waals surface area contributed by atoms with Crippen molar-refractivity contribution in [1.82, 2.24) is 15.0 Å². The van der Waals surface area contributed by atoms with Crippen molar-refractivity contribution in [3.8, 4) is 0 Å². The summed E-state index contributed by atoms with van der Waals surface area (Å²) in [5.41, 5.74) is 1.17. The standard InChI is InChI=1S/C11H12N4S/c1-8-14-10(6-11(16)15-8)13-7-9-2-4-12-5-3-9/h2-6H,7H2,1H3,(H2,13,14,15,16). The van der Waals surface area contributed by atoms with E-state index in [1.807, 2.05) is 25.1 Å². The molecule has 2 aromatic rings. The summed E-state index contributed by atoms with van der Waals surface area (Å²) < 4.78 is 0.591. The van der Waals surface area contributed by atoms with Crippen LogP contribution in [0.15, 0.2) is 30.6 Å². The second-order valence-corrected chi connectivity index (χ2v) is 3.85. The van der Waals surface area contributed by atoms with E-state index in [9.17, 15) is 0 Å². The Labute approximate surface area is 98.8 Å². The van der Waals surface area contributed by atoms with Gasteiger partial charge in [-0.05, 0) is 24.6 Å². The van der Waals surface area contributed by atoms with E-state index in [2.05, 4.69) is 20.3 Å². The lowest BCUT2D eigenvalue weighted by molar-refractivity contribution is 1.01. The van der Waals surface area contributed by atoms with Crippen LogP contribution in [0.2, 0.25) is 0 Å². The van der Waals surface area contributed by atoms with Gasteiger partial charge in [-0.15, -0.1) is 0 Å². The van der Waals surface area contributed by atoms with Crippen molar-refractivity contribution >= 4 is 18.0 Å². The van der Waals surface area contributed by atoms with Crippen LogP contribution in [-0.4, -0.2) is 15.0 Å². The molecule has 0 aromatic carbocycles. The van der Waals surface area contributed by atoms with E-state index in [-0.39, 0.29) is 0 Å². The Morgan fingerprint density at radius 1 is 1.38 bits per heavy atom. The number of H-pyrrole nitrogens is 1. The fourth-order valence-electron chi connectivity index (χ4n) is 1.37. The minimum atomic E-state index is 0.591. The van der Waals surface area contributed by atoms with Crippen LogP contribution in [0, 0.1) is 11.6 Å². The van der Waals surface area contributed by atoms with Crippen LogP contribution in [0.5, 0.6) is 0 Å². The van der Waals surface area contributed by atoms with Gasteiger partial charge in [-0.3, -0.25) is 4.98 Å².